The first-order valence-electron chi connectivity index (χ1n) is 14.0. The zero-order valence-electron chi connectivity index (χ0n) is 24.9. The molecule has 6 rings (SSSR count). The zero-order valence-corrected chi connectivity index (χ0v) is 26.5. The van der Waals surface area contributed by atoms with Crippen molar-refractivity contribution in [1.82, 2.24) is 19.4 Å². The van der Waals surface area contributed by atoms with Gasteiger partial charge in [-0.05, 0) is 72.1 Å². The fourth-order valence-electron chi connectivity index (χ4n) is 4.52. The van der Waals surface area contributed by atoms with Crippen LogP contribution in [0.5, 0.6) is 5.75 Å². The molecule has 0 unspecified atom stereocenters. The van der Waals surface area contributed by atoms with Crippen LogP contribution in [0.3, 0.4) is 0 Å². The van der Waals surface area contributed by atoms with E-state index in [9.17, 15) is 34.9 Å². The van der Waals surface area contributed by atoms with Crippen molar-refractivity contribution in [2.45, 2.75) is 0 Å². The molecule has 0 bridgehead atoms. The summed E-state index contributed by atoms with van der Waals surface area (Å²) in [7, 11) is 1.17. The lowest BCUT2D eigenvalue weighted by atomic mass is 10.3. The summed E-state index contributed by atoms with van der Waals surface area (Å²) in [6, 6.07) is 10.1. The lowest BCUT2D eigenvalue weighted by Gasteiger charge is -2.29. The van der Waals surface area contributed by atoms with Crippen molar-refractivity contribution >= 4 is 50.6 Å². The van der Waals surface area contributed by atoms with E-state index in [2.05, 4.69) is 35.6 Å². The van der Waals surface area contributed by atoms with Gasteiger partial charge in [0.1, 0.15) is 22.6 Å². The van der Waals surface area contributed by atoms with Crippen molar-refractivity contribution in [2.75, 3.05) is 69.5 Å². The molecule has 2 aliphatic heterocycles. The molecule has 0 spiro atoms. The molecular weight excluding hydrogens is 688 g/mol. The molecule has 248 valence electrons. The second-order valence-corrected chi connectivity index (χ2v) is 10.4. The molecule has 1 N–H and O–H groups in total. The average molecular weight is 717 g/mol. The number of nitrogens with zero attached hydrogens (tertiary/aromatic N) is 8. The molecular formula is C28H29BrN8O10. The number of morpholine rings is 2. The zero-order chi connectivity index (χ0) is 33.9. The number of halogens is 1. The third-order valence-corrected chi connectivity index (χ3v) is 7.36. The number of carbonyl (C=O) groups excluding carboxylic acids is 1. The molecule has 2 aliphatic rings. The first kappa shape index (κ1) is 34.6. The fourth-order valence-corrected chi connectivity index (χ4v) is 4.92. The highest BCUT2D eigenvalue weighted by molar-refractivity contribution is 9.10. The van der Waals surface area contributed by atoms with Crippen LogP contribution in [-0.2, 0) is 14.2 Å². The molecule has 6 heterocycles. The lowest BCUT2D eigenvalue weighted by Crippen LogP contribution is -2.37. The van der Waals surface area contributed by atoms with Crippen LogP contribution in [0.25, 0.3) is 5.65 Å². The van der Waals surface area contributed by atoms with Crippen LogP contribution in [-0.4, -0.2) is 100.0 Å². The molecule has 0 atom stereocenters. The number of aromatic nitrogens is 4. The number of nitro groups is 2. The van der Waals surface area contributed by atoms with Crippen molar-refractivity contribution in [2.24, 2.45) is 0 Å². The first-order chi connectivity index (χ1) is 22.6. The van der Waals surface area contributed by atoms with Crippen LogP contribution in [0.4, 0.5) is 23.0 Å². The maximum atomic E-state index is 12.2. The number of esters is 1. The predicted molar refractivity (Wildman–Crippen MR) is 170 cm³/mol. The van der Waals surface area contributed by atoms with Gasteiger partial charge in [-0.3, -0.25) is 9.20 Å². The third-order valence-electron chi connectivity index (χ3n) is 6.74. The van der Waals surface area contributed by atoms with Gasteiger partial charge in [-0.15, -0.1) is 0 Å². The highest BCUT2D eigenvalue weighted by Gasteiger charge is 2.23. The van der Waals surface area contributed by atoms with Crippen LogP contribution in [0, 0.1) is 20.2 Å². The van der Waals surface area contributed by atoms with E-state index < -0.39 is 27.1 Å². The molecule has 18 nitrogen and oxygen atoms in total. The summed E-state index contributed by atoms with van der Waals surface area (Å²) in [6.45, 7) is 5.02. The largest absolute Gasteiger partial charge is 0.501 e. The number of pyridine rings is 3. The highest BCUT2D eigenvalue weighted by atomic mass is 79.9. The van der Waals surface area contributed by atoms with Crippen LogP contribution in [0.1, 0.15) is 10.5 Å². The van der Waals surface area contributed by atoms with Crippen molar-refractivity contribution in [3.05, 3.63) is 95.7 Å². The summed E-state index contributed by atoms with van der Waals surface area (Å²) >= 11 is 2.99. The van der Waals surface area contributed by atoms with Gasteiger partial charge in [0, 0.05) is 32.4 Å². The standard InChI is InChI=1S/C14H15N3O5.C9H11N3O3.C5H3BrN2O2/c1-21-14(20)10-11(18)13(19)17-4-2-3-9(12(17)15-10)16-5-7-22-8-6-16;13-12(14)9-8(2-1-3-10-9)11-4-6-15-7-5-11;6-4-2-1-3-7-5(4)8(9)10/h2-4,18H,5-8H2,1H3;1-3H,4-7H2;1-3H. The molecule has 0 radical (unpaired) electrons. The summed E-state index contributed by atoms with van der Waals surface area (Å²) < 4.78 is 16.7. The van der Waals surface area contributed by atoms with Crippen LogP contribution < -0.4 is 15.4 Å². The number of hydrogen-bond donors (Lipinski definition) is 1. The molecule has 47 heavy (non-hydrogen) atoms. The number of hydrogen-bond acceptors (Lipinski definition) is 15. The summed E-state index contributed by atoms with van der Waals surface area (Å²) in [5.41, 5.74) is 0.486. The van der Waals surface area contributed by atoms with Gasteiger partial charge in [-0.25, -0.2) is 9.78 Å². The quantitative estimate of drug-likeness (QED) is 0.178. The van der Waals surface area contributed by atoms with E-state index in [0.29, 0.717) is 74.1 Å². The normalized spacial score (nSPS) is 14.3. The van der Waals surface area contributed by atoms with E-state index in [-0.39, 0.29) is 17.3 Å². The van der Waals surface area contributed by atoms with E-state index in [1.807, 2.05) is 15.9 Å². The van der Waals surface area contributed by atoms with Gasteiger partial charge in [0.05, 0.1) is 39.2 Å². The Morgan fingerprint density at radius 1 is 0.894 bits per heavy atom. The lowest BCUT2D eigenvalue weighted by molar-refractivity contribution is -0.390. The van der Waals surface area contributed by atoms with Crippen molar-refractivity contribution in [1.29, 1.82) is 0 Å². The molecule has 4 aromatic heterocycles. The number of rotatable bonds is 5. The third kappa shape index (κ3) is 8.51. The Hall–Kier alpha value is -5.27. The summed E-state index contributed by atoms with van der Waals surface area (Å²) in [5, 5.41) is 30.8. The monoisotopic (exact) mass is 716 g/mol. The number of aromatic hydroxyl groups is 1. The second-order valence-electron chi connectivity index (χ2n) is 9.56. The Morgan fingerprint density at radius 2 is 1.43 bits per heavy atom. The average Bonchev–Trinajstić information content (AvgIpc) is 3.10. The van der Waals surface area contributed by atoms with Crippen molar-refractivity contribution in [3.63, 3.8) is 0 Å². The molecule has 0 aromatic carbocycles. The first-order valence-corrected chi connectivity index (χ1v) is 14.8. The van der Waals surface area contributed by atoms with E-state index >= 15 is 0 Å². The molecule has 0 aliphatic carbocycles. The molecule has 2 saturated heterocycles. The highest BCUT2D eigenvalue weighted by Crippen LogP contribution is 2.26. The molecule has 0 amide bonds. The Balaban J connectivity index is 0.000000173. The number of ether oxygens (including phenoxy) is 3. The van der Waals surface area contributed by atoms with Gasteiger partial charge in [0.2, 0.25) is 5.75 Å². The number of fused-ring (bicyclic) bond motifs is 1. The summed E-state index contributed by atoms with van der Waals surface area (Å²) in [6.07, 6.45) is 4.31. The smallest absolute Gasteiger partial charge is 0.387 e. The van der Waals surface area contributed by atoms with Gasteiger partial charge in [0.25, 0.3) is 0 Å². The number of carbonyl (C=O) groups is 1. The number of anilines is 2. The molecule has 2 fully saturated rings. The Morgan fingerprint density at radius 3 is 1.96 bits per heavy atom. The van der Waals surface area contributed by atoms with E-state index in [4.69, 9.17) is 9.47 Å². The molecule has 0 saturated carbocycles. The predicted octanol–water partition coefficient (Wildman–Crippen LogP) is 2.60. The van der Waals surface area contributed by atoms with E-state index in [1.54, 1.807) is 30.3 Å². The second kappa shape index (κ2) is 16.3. The number of methoxy groups -OCH3 is 1. The van der Waals surface area contributed by atoms with E-state index in [1.165, 1.54) is 30.1 Å². The van der Waals surface area contributed by atoms with Gasteiger partial charge >= 0.3 is 23.2 Å². The maximum Gasteiger partial charge on any atom is 0.387 e. The van der Waals surface area contributed by atoms with Crippen molar-refractivity contribution < 1.29 is 34.0 Å². The fraction of sp³-hybridized carbons (Fsp3) is 0.321. The minimum Gasteiger partial charge on any atom is -0.501 e. The van der Waals surface area contributed by atoms with E-state index in [0.717, 1.165) is 0 Å². The molecule has 4 aromatic rings. The Labute approximate surface area is 274 Å². The van der Waals surface area contributed by atoms with Crippen molar-refractivity contribution in [3.8, 4) is 5.75 Å². The summed E-state index contributed by atoms with van der Waals surface area (Å²) in [5.74, 6) is -1.81. The Bertz CT molecular complexity index is 1800. The maximum absolute atomic E-state index is 12.2. The minimum atomic E-state index is -0.853. The molecule has 19 heteroatoms. The topological polar surface area (TPSA) is 218 Å². The SMILES string of the molecule is COC(=O)c1nc2c(N3CCOCC3)cccn2c(=O)c1O.O=[N+]([O-])c1ncccc1Br.O=[N+]([O-])c1ncccc1N1CCOCC1. The van der Waals surface area contributed by atoms with Gasteiger partial charge < -0.3 is 49.3 Å². The van der Waals surface area contributed by atoms with Crippen LogP contribution in [0.2, 0.25) is 0 Å². The Kier molecular flexibility index (Phi) is 12.0. The van der Waals surface area contributed by atoms with Crippen LogP contribution in [0.15, 0.2) is 64.3 Å². The van der Waals surface area contributed by atoms with Gasteiger partial charge in [-0.2, -0.15) is 0 Å². The summed E-state index contributed by atoms with van der Waals surface area (Å²) in [4.78, 5) is 59.2. The van der Waals surface area contributed by atoms with Gasteiger partial charge in [0.15, 0.2) is 11.3 Å². The minimum absolute atomic E-state index is 0.0839. The van der Waals surface area contributed by atoms with Gasteiger partial charge in [-0.1, -0.05) is 0 Å². The van der Waals surface area contributed by atoms with Crippen LogP contribution >= 0.6 is 15.9 Å².